The highest BCUT2D eigenvalue weighted by Gasteiger charge is 1.98. The molecule has 0 saturated heterocycles. The van der Waals surface area contributed by atoms with E-state index in [2.05, 4.69) is 12.6 Å². The van der Waals surface area contributed by atoms with E-state index in [9.17, 15) is 4.39 Å². The van der Waals surface area contributed by atoms with Gasteiger partial charge in [0.05, 0.1) is 0 Å². The smallest absolute Gasteiger partial charge is 0.101 e. The first-order valence-corrected chi connectivity index (χ1v) is 3.11. The van der Waals surface area contributed by atoms with E-state index >= 15 is 0 Å². The standard InChI is InChI=1S/C5H10FS/c1-2-5(6)3-4-7/h5H,2-4H2,1H3. The number of halogens is 1. The van der Waals surface area contributed by atoms with Crippen molar-refractivity contribution in [2.75, 3.05) is 5.75 Å². The van der Waals surface area contributed by atoms with Gasteiger partial charge in [-0.25, -0.2) is 4.39 Å². The molecule has 1 unspecified atom stereocenters. The van der Waals surface area contributed by atoms with Crippen molar-refractivity contribution in [1.82, 2.24) is 0 Å². The predicted octanol–water partition coefficient (Wildman–Crippen LogP) is 2.32. The minimum atomic E-state index is -0.655. The molecule has 0 aromatic carbocycles. The van der Waals surface area contributed by atoms with Crippen LogP contribution >= 0.6 is 12.6 Å². The molecule has 0 saturated carbocycles. The third-order valence-electron chi connectivity index (χ3n) is 0.874. The van der Waals surface area contributed by atoms with Gasteiger partial charge in [-0.15, -0.1) is 0 Å². The van der Waals surface area contributed by atoms with Crippen LogP contribution in [0.2, 0.25) is 0 Å². The first kappa shape index (κ1) is 7.28. The second-order valence-corrected chi connectivity index (χ2v) is 1.91. The highest BCUT2D eigenvalue weighted by molar-refractivity contribution is 7.80. The average Bonchev–Trinajstić information content (AvgIpc) is 1.68. The Labute approximate surface area is 49.5 Å². The number of hydrogen-bond donors (Lipinski definition) is 0. The summed E-state index contributed by atoms with van der Waals surface area (Å²) in [5.74, 6) is 0.551. The highest BCUT2D eigenvalue weighted by atomic mass is 32.1. The lowest BCUT2D eigenvalue weighted by atomic mass is 10.2. The lowest BCUT2D eigenvalue weighted by Crippen LogP contribution is -1.96. The Morgan fingerprint density at radius 2 is 2.29 bits per heavy atom. The third-order valence-corrected chi connectivity index (χ3v) is 1.11. The summed E-state index contributed by atoms with van der Waals surface area (Å²) in [6.45, 7) is 1.83. The molecular weight excluding hydrogens is 111 g/mol. The molecule has 0 aromatic heterocycles. The Kier molecular flexibility index (Phi) is 4.62. The summed E-state index contributed by atoms with van der Waals surface area (Å²) in [6, 6.07) is 0. The lowest BCUT2D eigenvalue weighted by molar-refractivity contribution is 0.318. The molecule has 2 heteroatoms. The van der Waals surface area contributed by atoms with Crippen LogP contribution in [0.25, 0.3) is 0 Å². The maximum atomic E-state index is 12.1. The molecule has 0 heterocycles. The Bertz CT molecular complexity index is 39.1. The molecule has 0 fully saturated rings. The summed E-state index contributed by atoms with van der Waals surface area (Å²) >= 11 is 4.55. The molecule has 0 aliphatic heterocycles. The second kappa shape index (κ2) is 4.44. The molecule has 0 spiro atoms. The molecule has 0 rings (SSSR count). The fraction of sp³-hybridized carbons (Fsp3) is 1.00. The largest absolute Gasteiger partial charge is 0.247 e. The molecule has 0 bridgehead atoms. The van der Waals surface area contributed by atoms with E-state index in [1.807, 2.05) is 6.92 Å². The summed E-state index contributed by atoms with van der Waals surface area (Å²) in [4.78, 5) is 0. The van der Waals surface area contributed by atoms with Gasteiger partial charge in [0, 0.05) is 5.75 Å². The van der Waals surface area contributed by atoms with Gasteiger partial charge in [0.1, 0.15) is 6.17 Å². The normalized spacial score (nSPS) is 14.1. The second-order valence-electron chi connectivity index (χ2n) is 1.50. The van der Waals surface area contributed by atoms with Crippen molar-refractivity contribution in [3.8, 4) is 0 Å². The maximum absolute atomic E-state index is 12.1. The van der Waals surface area contributed by atoms with E-state index in [-0.39, 0.29) is 0 Å². The Hall–Kier alpha value is 0.280. The summed E-state index contributed by atoms with van der Waals surface area (Å²) in [5, 5.41) is 0. The SMILES string of the molecule is CCC(F)CC[S]. The Balaban J connectivity index is 2.83. The van der Waals surface area contributed by atoms with E-state index < -0.39 is 6.17 Å². The molecule has 1 atom stereocenters. The van der Waals surface area contributed by atoms with E-state index in [0.717, 1.165) is 0 Å². The van der Waals surface area contributed by atoms with Gasteiger partial charge in [0.2, 0.25) is 0 Å². The molecule has 43 valence electrons. The molecule has 0 nitrogen and oxygen atoms in total. The van der Waals surface area contributed by atoms with Crippen LogP contribution in [0.15, 0.2) is 0 Å². The number of alkyl halides is 1. The molecule has 0 amide bonds. The third kappa shape index (κ3) is 4.13. The fourth-order valence-corrected chi connectivity index (χ4v) is 0.588. The van der Waals surface area contributed by atoms with Crippen LogP contribution in [0.3, 0.4) is 0 Å². The minimum Gasteiger partial charge on any atom is -0.247 e. The van der Waals surface area contributed by atoms with E-state index in [1.165, 1.54) is 0 Å². The van der Waals surface area contributed by atoms with E-state index in [1.54, 1.807) is 0 Å². The van der Waals surface area contributed by atoms with E-state index in [0.29, 0.717) is 18.6 Å². The fourth-order valence-electron chi connectivity index (χ4n) is 0.332. The van der Waals surface area contributed by atoms with Crippen LogP contribution in [0.5, 0.6) is 0 Å². The van der Waals surface area contributed by atoms with Gasteiger partial charge >= 0.3 is 0 Å². The summed E-state index contributed by atoms with van der Waals surface area (Å²) < 4.78 is 12.1. The average molecular weight is 121 g/mol. The number of hydrogen-bond acceptors (Lipinski definition) is 0. The van der Waals surface area contributed by atoms with Gasteiger partial charge < -0.3 is 0 Å². The van der Waals surface area contributed by atoms with Crippen LogP contribution < -0.4 is 0 Å². The monoisotopic (exact) mass is 121 g/mol. The van der Waals surface area contributed by atoms with Crippen molar-refractivity contribution in [1.29, 1.82) is 0 Å². The van der Waals surface area contributed by atoms with Crippen molar-refractivity contribution in [2.24, 2.45) is 0 Å². The van der Waals surface area contributed by atoms with Gasteiger partial charge in [-0.2, -0.15) is 0 Å². The molecule has 1 radical (unpaired) electrons. The molecule has 7 heavy (non-hydrogen) atoms. The van der Waals surface area contributed by atoms with Crippen LogP contribution in [-0.2, 0) is 0 Å². The van der Waals surface area contributed by atoms with Gasteiger partial charge in [-0.1, -0.05) is 19.6 Å². The molecular formula is C5H10FS. The Morgan fingerprint density at radius 1 is 1.71 bits per heavy atom. The predicted molar refractivity (Wildman–Crippen MR) is 32.3 cm³/mol. The quantitative estimate of drug-likeness (QED) is 0.537. The summed E-state index contributed by atoms with van der Waals surface area (Å²) in [6.07, 6.45) is 0.500. The van der Waals surface area contributed by atoms with Crippen molar-refractivity contribution in [3.05, 3.63) is 0 Å². The van der Waals surface area contributed by atoms with Crippen LogP contribution in [0.4, 0.5) is 4.39 Å². The van der Waals surface area contributed by atoms with Gasteiger partial charge in [-0.3, -0.25) is 0 Å². The summed E-state index contributed by atoms with van der Waals surface area (Å²) in [5.41, 5.74) is 0. The van der Waals surface area contributed by atoms with Crippen molar-refractivity contribution in [2.45, 2.75) is 25.9 Å². The summed E-state index contributed by atoms with van der Waals surface area (Å²) in [7, 11) is 0. The van der Waals surface area contributed by atoms with E-state index in [4.69, 9.17) is 0 Å². The molecule has 0 aromatic rings. The first-order chi connectivity index (χ1) is 3.31. The number of rotatable bonds is 3. The first-order valence-electron chi connectivity index (χ1n) is 2.53. The topological polar surface area (TPSA) is 0 Å². The zero-order chi connectivity index (χ0) is 5.70. The van der Waals surface area contributed by atoms with Crippen molar-refractivity contribution >= 4 is 12.6 Å². The van der Waals surface area contributed by atoms with Gasteiger partial charge in [-0.05, 0) is 12.8 Å². The maximum Gasteiger partial charge on any atom is 0.101 e. The van der Waals surface area contributed by atoms with Crippen LogP contribution in [0, 0.1) is 0 Å². The zero-order valence-corrected chi connectivity index (χ0v) is 5.30. The van der Waals surface area contributed by atoms with Crippen LogP contribution in [0.1, 0.15) is 19.8 Å². The Morgan fingerprint density at radius 3 is 2.43 bits per heavy atom. The van der Waals surface area contributed by atoms with Gasteiger partial charge in [0.25, 0.3) is 0 Å². The molecule has 0 aliphatic carbocycles. The minimum absolute atomic E-state index is 0.547. The lowest BCUT2D eigenvalue weighted by Gasteiger charge is -1.97. The van der Waals surface area contributed by atoms with Gasteiger partial charge in [0.15, 0.2) is 0 Å². The van der Waals surface area contributed by atoms with Crippen LogP contribution in [-0.4, -0.2) is 11.9 Å². The molecule has 0 N–H and O–H groups in total. The molecule has 0 aliphatic rings. The van der Waals surface area contributed by atoms with Crippen molar-refractivity contribution in [3.63, 3.8) is 0 Å². The van der Waals surface area contributed by atoms with Crippen molar-refractivity contribution < 1.29 is 4.39 Å². The zero-order valence-electron chi connectivity index (χ0n) is 4.48. The highest BCUT2D eigenvalue weighted by Crippen LogP contribution is 2.02.